The van der Waals surface area contributed by atoms with Crippen molar-refractivity contribution >= 4 is 28.0 Å². The molecule has 0 radical (unpaired) electrons. The molecular formula is C16H13N5O. The van der Waals surface area contributed by atoms with Gasteiger partial charge in [-0.3, -0.25) is 4.98 Å². The Balaban J connectivity index is 1.63. The summed E-state index contributed by atoms with van der Waals surface area (Å²) >= 11 is 0. The quantitative estimate of drug-likeness (QED) is 0.624. The Kier molecular flexibility index (Phi) is 2.93. The third-order valence-electron chi connectivity index (χ3n) is 3.47. The highest BCUT2D eigenvalue weighted by molar-refractivity contribution is 5.77. The van der Waals surface area contributed by atoms with Gasteiger partial charge in [0, 0.05) is 17.8 Å². The van der Waals surface area contributed by atoms with Crippen molar-refractivity contribution in [3.63, 3.8) is 0 Å². The topological polar surface area (TPSA) is 76.7 Å². The van der Waals surface area contributed by atoms with E-state index in [9.17, 15) is 0 Å². The first-order valence-corrected chi connectivity index (χ1v) is 6.99. The highest BCUT2D eigenvalue weighted by Crippen LogP contribution is 2.24. The third kappa shape index (κ3) is 2.24. The molecule has 6 nitrogen and oxygen atoms in total. The van der Waals surface area contributed by atoms with Crippen molar-refractivity contribution in [3.05, 3.63) is 54.6 Å². The van der Waals surface area contributed by atoms with Crippen LogP contribution in [0.15, 0.2) is 53.2 Å². The number of furan rings is 1. The number of fused-ring (bicyclic) bond motifs is 2. The molecule has 4 rings (SSSR count). The number of para-hydroxylation sites is 1. The van der Waals surface area contributed by atoms with Crippen molar-refractivity contribution in [1.29, 1.82) is 0 Å². The first kappa shape index (κ1) is 12.7. The molecule has 1 N–H and O–H groups in total. The SMILES string of the molecule is CC(Nc1nnc2ccccc2n1)c1cc2cnccc2o1. The van der Waals surface area contributed by atoms with E-state index in [4.69, 9.17) is 4.42 Å². The fourth-order valence-electron chi connectivity index (χ4n) is 2.33. The predicted octanol–water partition coefficient (Wildman–Crippen LogP) is 3.34. The van der Waals surface area contributed by atoms with Crippen molar-refractivity contribution in [2.75, 3.05) is 5.32 Å². The molecule has 0 bridgehead atoms. The summed E-state index contributed by atoms with van der Waals surface area (Å²) in [5.74, 6) is 1.28. The first-order chi connectivity index (χ1) is 10.8. The Morgan fingerprint density at radius 1 is 1.09 bits per heavy atom. The van der Waals surface area contributed by atoms with E-state index >= 15 is 0 Å². The molecule has 3 heterocycles. The first-order valence-electron chi connectivity index (χ1n) is 6.99. The average Bonchev–Trinajstić information content (AvgIpc) is 2.99. The summed E-state index contributed by atoms with van der Waals surface area (Å²) in [6, 6.07) is 11.4. The van der Waals surface area contributed by atoms with E-state index in [-0.39, 0.29) is 6.04 Å². The molecule has 1 aromatic carbocycles. The Labute approximate surface area is 126 Å². The summed E-state index contributed by atoms with van der Waals surface area (Å²) in [6.45, 7) is 1.99. The minimum atomic E-state index is -0.0737. The molecule has 0 aliphatic heterocycles. The van der Waals surface area contributed by atoms with Gasteiger partial charge in [-0.1, -0.05) is 12.1 Å². The number of benzene rings is 1. The van der Waals surface area contributed by atoms with Gasteiger partial charge in [-0.25, -0.2) is 4.98 Å². The number of aromatic nitrogens is 4. The van der Waals surface area contributed by atoms with Gasteiger partial charge >= 0.3 is 0 Å². The smallest absolute Gasteiger partial charge is 0.243 e. The standard InChI is InChI=1S/C16H13N5O/c1-10(15-8-11-9-17-7-6-14(11)22-15)18-16-19-12-4-2-3-5-13(12)20-21-16/h2-10H,1H3,(H,18,19,21). The van der Waals surface area contributed by atoms with E-state index in [1.165, 1.54) is 0 Å². The number of rotatable bonds is 3. The van der Waals surface area contributed by atoms with Crippen molar-refractivity contribution in [3.8, 4) is 0 Å². The highest BCUT2D eigenvalue weighted by atomic mass is 16.3. The highest BCUT2D eigenvalue weighted by Gasteiger charge is 2.13. The number of pyridine rings is 1. The van der Waals surface area contributed by atoms with E-state index in [2.05, 4.69) is 25.5 Å². The molecule has 4 aromatic rings. The van der Waals surface area contributed by atoms with E-state index in [0.29, 0.717) is 5.95 Å². The summed E-state index contributed by atoms with van der Waals surface area (Å²) in [5.41, 5.74) is 2.40. The fourth-order valence-corrected chi connectivity index (χ4v) is 2.33. The lowest BCUT2D eigenvalue weighted by molar-refractivity contribution is 0.524. The van der Waals surface area contributed by atoms with Crippen LogP contribution in [0.3, 0.4) is 0 Å². The van der Waals surface area contributed by atoms with Crippen LogP contribution in [-0.4, -0.2) is 20.2 Å². The maximum Gasteiger partial charge on any atom is 0.243 e. The van der Waals surface area contributed by atoms with Crippen LogP contribution >= 0.6 is 0 Å². The maximum atomic E-state index is 5.81. The van der Waals surface area contributed by atoms with Crippen LogP contribution in [0.25, 0.3) is 22.0 Å². The largest absolute Gasteiger partial charge is 0.459 e. The zero-order chi connectivity index (χ0) is 14.9. The van der Waals surface area contributed by atoms with Gasteiger partial charge in [0.1, 0.15) is 16.9 Å². The second-order valence-corrected chi connectivity index (χ2v) is 5.05. The van der Waals surface area contributed by atoms with Gasteiger partial charge in [0.05, 0.1) is 11.6 Å². The van der Waals surface area contributed by atoms with Crippen molar-refractivity contribution < 1.29 is 4.42 Å². The summed E-state index contributed by atoms with van der Waals surface area (Å²) in [4.78, 5) is 8.54. The molecule has 3 aromatic heterocycles. The van der Waals surface area contributed by atoms with Crippen LogP contribution in [0.5, 0.6) is 0 Å². The lowest BCUT2D eigenvalue weighted by Gasteiger charge is -2.10. The minimum absolute atomic E-state index is 0.0737. The molecule has 0 spiro atoms. The molecular weight excluding hydrogens is 278 g/mol. The van der Waals surface area contributed by atoms with E-state index in [1.54, 1.807) is 12.4 Å². The second-order valence-electron chi connectivity index (χ2n) is 5.05. The monoisotopic (exact) mass is 291 g/mol. The Morgan fingerprint density at radius 2 is 1.95 bits per heavy atom. The fraction of sp³-hybridized carbons (Fsp3) is 0.125. The van der Waals surface area contributed by atoms with Crippen LogP contribution in [0, 0.1) is 0 Å². The molecule has 1 unspecified atom stereocenters. The number of anilines is 1. The number of hydrogen-bond acceptors (Lipinski definition) is 6. The van der Waals surface area contributed by atoms with Gasteiger partial charge in [-0.2, -0.15) is 0 Å². The lowest BCUT2D eigenvalue weighted by Crippen LogP contribution is -2.09. The zero-order valence-corrected chi connectivity index (χ0v) is 11.9. The maximum absolute atomic E-state index is 5.81. The average molecular weight is 291 g/mol. The Morgan fingerprint density at radius 3 is 2.82 bits per heavy atom. The molecule has 0 aliphatic rings. The second kappa shape index (κ2) is 5.07. The van der Waals surface area contributed by atoms with Crippen molar-refractivity contribution in [2.45, 2.75) is 13.0 Å². The van der Waals surface area contributed by atoms with Crippen LogP contribution in [0.2, 0.25) is 0 Å². The molecule has 6 heteroatoms. The van der Waals surface area contributed by atoms with Gasteiger partial charge in [0.15, 0.2) is 0 Å². The molecule has 1 atom stereocenters. The third-order valence-corrected chi connectivity index (χ3v) is 3.47. The summed E-state index contributed by atoms with van der Waals surface area (Å²) in [7, 11) is 0. The molecule has 0 amide bonds. The molecule has 0 fully saturated rings. The summed E-state index contributed by atoms with van der Waals surface area (Å²) in [5, 5.41) is 12.4. The van der Waals surface area contributed by atoms with Crippen LogP contribution in [0.1, 0.15) is 18.7 Å². The van der Waals surface area contributed by atoms with Gasteiger partial charge in [0.2, 0.25) is 5.95 Å². The summed E-state index contributed by atoms with van der Waals surface area (Å²) < 4.78 is 5.81. The van der Waals surface area contributed by atoms with Crippen LogP contribution in [0.4, 0.5) is 5.95 Å². The Bertz CT molecular complexity index is 916. The van der Waals surface area contributed by atoms with Gasteiger partial charge in [0.25, 0.3) is 0 Å². The number of nitrogens with one attached hydrogen (secondary N) is 1. The van der Waals surface area contributed by atoms with Crippen molar-refractivity contribution in [1.82, 2.24) is 20.2 Å². The zero-order valence-electron chi connectivity index (χ0n) is 11.9. The van der Waals surface area contributed by atoms with Crippen LogP contribution < -0.4 is 5.32 Å². The minimum Gasteiger partial charge on any atom is -0.459 e. The van der Waals surface area contributed by atoms with Gasteiger partial charge < -0.3 is 9.73 Å². The van der Waals surface area contributed by atoms with Gasteiger partial charge in [-0.15, -0.1) is 10.2 Å². The molecule has 0 aliphatic carbocycles. The number of hydrogen-bond donors (Lipinski definition) is 1. The normalized spacial score (nSPS) is 12.6. The van der Waals surface area contributed by atoms with E-state index in [0.717, 1.165) is 27.8 Å². The number of nitrogens with zero attached hydrogens (tertiary/aromatic N) is 4. The van der Waals surface area contributed by atoms with Crippen molar-refractivity contribution in [2.24, 2.45) is 0 Å². The van der Waals surface area contributed by atoms with Gasteiger partial charge in [-0.05, 0) is 31.2 Å². The molecule has 108 valence electrons. The lowest BCUT2D eigenvalue weighted by atomic mass is 10.2. The molecule has 0 saturated carbocycles. The van der Waals surface area contributed by atoms with E-state index in [1.807, 2.05) is 43.3 Å². The predicted molar refractivity (Wildman–Crippen MR) is 83.4 cm³/mol. The molecule has 0 saturated heterocycles. The summed E-state index contributed by atoms with van der Waals surface area (Å²) in [6.07, 6.45) is 3.49. The molecule has 22 heavy (non-hydrogen) atoms. The Hall–Kier alpha value is -3.02. The van der Waals surface area contributed by atoms with Crippen LogP contribution in [-0.2, 0) is 0 Å². The van der Waals surface area contributed by atoms with E-state index < -0.39 is 0 Å².